The number of likely N-dealkylation sites (N-methyl/N-ethyl adjacent to an activating group) is 1. The number of hydrogen-bond acceptors (Lipinski definition) is 5. The molecule has 0 radical (unpaired) electrons. The van der Waals surface area contributed by atoms with Gasteiger partial charge in [-0.3, -0.25) is 4.90 Å². The van der Waals surface area contributed by atoms with Crippen LogP contribution in [-0.4, -0.2) is 41.7 Å². The van der Waals surface area contributed by atoms with Crippen LogP contribution in [0, 0.1) is 6.92 Å². The maximum atomic E-state index is 5.44. The summed E-state index contributed by atoms with van der Waals surface area (Å²) in [7, 11) is 2.09. The highest BCUT2D eigenvalue weighted by Crippen LogP contribution is 2.26. The van der Waals surface area contributed by atoms with Crippen molar-refractivity contribution in [2.45, 2.75) is 13.0 Å². The molecule has 0 spiro atoms. The van der Waals surface area contributed by atoms with Gasteiger partial charge in [0.25, 0.3) is 5.89 Å². The molecule has 1 saturated heterocycles. The minimum atomic E-state index is 0. The maximum Gasteiger partial charge on any atom is 0.258 e. The Morgan fingerprint density at radius 3 is 2.95 bits per heavy atom. The summed E-state index contributed by atoms with van der Waals surface area (Å²) >= 11 is 3.46. The Morgan fingerprint density at radius 2 is 2.24 bits per heavy atom. The Kier molecular flexibility index (Phi) is 5.37. The van der Waals surface area contributed by atoms with Gasteiger partial charge in [-0.1, -0.05) is 21.1 Å². The molecule has 1 aliphatic rings. The molecule has 1 aromatic carbocycles. The SMILES string of the molecule is Cc1cc(Br)ccc1-c1nc(C2CNCCN2C)no1.Cl. The number of nitrogens with one attached hydrogen (secondary N) is 1. The lowest BCUT2D eigenvalue weighted by Gasteiger charge is -2.30. The summed E-state index contributed by atoms with van der Waals surface area (Å²) in [6.45, 7) is 4.89. The number of nitrogens with zero attached hydrogens (tertiary/aromatic N) is 3. The van der Waals surface area contributed by atoms with Gasteiger partial charge in [-0.15, -0.1) is 12.4 Å². The Bertz CT molecular complexity index is 619. The predicted octanol–water partition coefficient (Wildman–Crippen LogP) is 2.81. The van der Waals surface area contributed by atoms with Crippen LogP contribution in [0.4, 0.5) is 0 Å². The highest BCUT2D eigenvalue weighted by atomic mass is 79.9. The second kappa shape index (κ2) is 6.87. The van der Waals surface area contributed by atoms with Crippen LogP contribution in [0.1, 0.15) is 17.4 Å². The number of aryl methyl sites for hydroxylation is 1. The van der Waals surface area contributed by atoms with E-state index in [1.165, 1.54) is 0 Å². The van der Waals surface area contributed by atoms with Crippen LogP contribution >= 0.6 is 28.3 Å². The molecule has 5 nitrogen and oxygen atoms in total. The zero-order chi connectivity index (χ0) is 14.1. The van der Waals surface area contributed by atoms with E-state index in [1.807, 2.05) is 25.1 Å². The summed E-state index contributed by atoms with van der Waals surface area (Å²) in [5, 5.41) is 7.51. The van der Waals surface area contributed by atoms with E-state index in [0.29, 0.717) is 5.89 Å². The normalized spacial score (nSPS) is 19.3. The van der Waals surface area contributed by atoms with Crippen molar-refractivity contribution in [1.29, 1.82) is 0 Å². The number of aromatic nitrogens is 2. The van der Waals surface area contributed by atoms with Crippen molar-refractivity contribution in [3.05, 3.63) is 34.1 Å². The summed E-state index contributed by atoms with van der Waals surface area (Å²) in [4.78, 5) is 6.82. The highest BCUT2D eigenvalue weighted by molar-refractivity contribution is 9.10. The van der Waals surface area contributed by atoms with Gasteiger partial charge < -0.3 is 9.84 Å². The van der Waals surface area contributed by atoms with Crippen molar-refractivity contribution in [3.8, 4) is 11.5 Å². The molecule has 2 aromatic rings. The molecule has 0 bridgehead atoms. The van der Waals surface area contributed by atoms with Crippen LogP contribution < -0.4 is 5.32 Å². The van der Waals surface area contributed by atoms with E-state index in [2.05, 4.69) is 43.3 Å². The molecule has 3 rings (SSSR count). The third kappa shape index (κ3) is 3.45. The van der Waals surface area contributed by atoms with E-state index in [-0.39, 0.29) is 18.4 Å². The van der Waals surface area contributed by atoms with Gasteiger partial charge in [0.05, 0.1) is 6.04 Å². The van der Waals surface area contributed by atoms with Gasteiger partial charge in [0.15, 0.2) is 5.82 Å². The van der Waals surface area contributed by atoms with Crippen molar-refractivity contribution in [1.82, 2.24) is 20.4 Å². The van der Waals surface area contributed by atoms with E-state index < -0.39 is 0 Å². The first-order valence-electron chi connectivity index (χ1n) is 6.66. The second-order valence-electron chi connectivity index (χ2n) is 5.12. The van der Waals surface area contributed by atoms with Gasteiger partial charge >= 0.3 is 0 Å². The molecular formula is C14H18BrClN4O. The third-order valence-corrected chi connectivity index (χ3v) is 4.16. The van der Waals surface area contributed by atoms with Gasteiger partial charge in [0.1, 0.15) is 0 Å². The minimum Gasteiger partial charge on any atom is -0.334 e. The molecule has 0 amide bonds. The van der Waals surface area contributed by atoms with Gasteiger partial charge in [-0.2, -0.15) is 4.98 Å². The topological polar surface area (TPSA) is 54.2 Å². The largest absolute Gasteiger partial charge is 0.334 e. The summed E-state index contributed by atoms with van der Waals surface area (Å²) in [5.41, 5.74) is 2.10. The lowest BCUT2D eigenvalue weighted by molar-refractivity contribution is 0.190. The van der Waals surface area contributed by atoms with Crippen LogP contribution in [-0.2, 0) is 0 Å². The van der Waals surface area contributed by atoms with Crippen molar-refractivity contribution in [2.24, 2.45) is 0 Å². The molecule has 0 saturated carbocycles. The molecule has 0 aliphatic carbocycles. The van der Waals surface area contributed by atoms with Crippen molar-refractivity contribution in [3.63, 3.8) is 0 Å². The van der Waals surface area contributed by atoms with Crippen LogP contribution in [0.2, 0.25) is 0 Å². The number of benzene rings is 1. The first-order valence-corrected chi connectivity index (χ1v) is 7.45. The molecule has 2 heterocycles. The Hall–Kier alpha value is -0.950. The van der Waals surface area contributed by atoms with Crippen LogP contribution in [0.5, 0.6) is 0 Å². The lowest BCUT2D eigenvalue weighted by atomic mass is 10.1. The number of rotatable bonds is 2. The van der Waals surface area contributed by atoms with Crippen LogP contribution in [0.15, 0.2) is 27.2 Å². The zero-order valence-electron chi connectivity index (χ0n) is 12.0. The molecule has 1 fully saturated rings. The van der Waals surface area contributed by atoms with E-state index in [1.54, 1.807) is 0 Å². The number of piperazine rings is 1. The van der Waals surface area contributed by atoms with Crippen molar-refractivity contribution >= 4 is 28.3 Å². The molecule has 1 aromatic heterocycles. The highest BCUT2D eigenvalue weighted by Gasteiger charge is 2.25. The molecule has 114 valence electrons. The molecule has 21 heavy (non-hydrogen) atoms. The number of halogens is 2. The smallest absolute Gasteiger partial charge is 0.258 e. The quantitative estimate of drug-likeness (QED) is 0.877. The summed E-state index contributed by atoms with van der Waals surface area (Å²) in [6, 6.07) is 6.21. The first kappa shape index (κ1) is 16.4. The lowest BCUT2D eigenvalue weighted by Crippen LogP contribution is -2.44. The van der Waals surface area contributed by atoms with E-state index in [9.17, 15) is 0 Å². The fourth-order valence-electron chi connectivity index (χ4n) is 2.44. The van der Waals surface area contributed by atoms with Gasteiger partial charge in [-0.05, 0) is 37.7 Å². The average Bonchev–Trinajstić information content (AvgIpc) is 2.88. The van der Waals surface area contributed by atoms with Gasteiger partial charge in [0, 0.05) is 29.7 Å². The third-order valence-electron chi connectivity index (χ3n) is 3.67. The monoisotopic (exact) mass is 372 g/mol. The van der Waals surface area contributed by atoms with E-state index in [4.69, 9.17) is 4.52 Å². The first-order chi connectivity index (χ1) is 9.65. The van der Waals surface area contributed by atoms with Crippen LogP contribution in [0.3, 0.4) is 0 Å². The molecule has 1 atom stereocenters. The fraction of sp³-hybridized carbons (Fsp3) is 0.429. The fourth-order valence-corrected chi connectivity index (χ4v) is 2.92. The van der Waals surface area contributed by atoms with Crippen LogP contribution in [0.25, 0.3) is 11.5 Å². The summed E-state index contributed by atoms with van der Waals surface area (Å²) in [6.07, 6.45) is 0. The van der Waals surface area contributed by atoms with Crippen molar-refractivity contribution < 1.29 is 4.52 Å². The molecule has 1 N–H and O–H groups in total. The standard InChI is InChI=1S/C14H17BrN4O.ClH/c1-9-7-10(15)3-4-11(9)14-17-13(18-20-14)12-8-16-5-6-19(12)2;/h3-4,7,12,16H,5-6,8H2,1-2H3;1H. The molecule has 1 aliphatic heterocycles. The number of hydrogen-bond donors (Lipinski definition) is 1. The zero-order valence-corrected chi connectivity index (χ0v) is 14.4. The van der Waals surface area contributed by atoms with Gasteiger partial charge in [0.2, 0.25) is 0 Å². The molecular weight excluding hydrogens is 356 g/mol. The van der Waals surface area contributed by atoms with E-state index >= 15 is 0 Å². The average molecular weight is 374 g/mol. The minimum absolute atomic E-state index is 0. The Labute approximate surface area is 138 Å². The van der Waals surface area contributed by atoms with Gasteiger partial charge in [-0.25, -0.2) is 0 Å². The predicted molar refractivity (Wildman–Crippen MR) is 87.7 cm³/mol. The van der Waals surface area contributed by atoms with E-state index in [0.717, 1.165) is 41.1 Å². The molecule has 1 unspecified atom stereocenters. The second-order valence-corrected chi connectivity index (χ2v) is 6.03. The van der Waals surface area contributed by atoms with Crippen molar-refractivity contribution in [2.75, 3.05) is 26.7 Å². The Morgan fingerprint density at radius 1 is 1.43 bits per heavy atom. The summed E-state index contributed by atoms with van der Waals surface area (Å²) in [5.74, 6) is 1.33. The Balaban J connectivity index is 0.00000161. The maximum absolute atomic E-state index is 5.44. The summed E-state index contributed by atoms with van der Waals surface area (Å²) < 4.78 is 6.49. The molecule has 7 heteroatoms.